The van der Waals surface area contributed by atoms with Crippen molar-refractivity contribution in [1.29, 1.82) is 0 Å². The minimum Gasteiger partial charge on any atom is -0.366 e. The SMILES string of the molecule is NC(=O)c1ccc(C(=O)NC(C2CC2)C2CC2)cc1. The largest absolute Gasteiger partial charge is 0.366 e. The van der Waals surface area contributed by atoms with Crippen molar-refractivity contribution in [2.45, 2.75) is 31.7 Å². The predicted octanol–water partition coefficient (Wildman–Crippen LogP) is 1.70. The summed E-state index contributed by atoms with van der Waals surface area (Å²) < 4.78 is 0. The summed E-state index contributed by atoms with van der Waals surface area (Å²) in [6.07, 6.45) is 4.95. The van der Waals surface area contributed by atoms with Crippen LogP contribution in [0, 0.1) is 11.8 Å². The van der Waals surface area contributed by atoms with E-state index in [0.29, 0.717) is 29.0 Å². The lowest BCUT2D eigenvalue weighted by molar-refractivity contribution is 0.0924. The van der Waals surface area contributed by atoms with Gasteiger partial charge in [0.05, 0.1) is 0 Å². The molecule has 3 rings (SSSR count). The van der Waals surface area contributed by atoms with Gasteiger partial charge in [-0.15, -0.1) is 0 Å². The molecule has 0 saturated heterocycles. The van der Waals surface area contributed by atoms with E-state index in [1.54, 1.807) is 24.3 Å². The molecule has 2 amide bonds. The van der Waals surface area contributed by atoms with Crippen LogP contribution in [-0.4, -0.2) is 17.9 Å². The van der Waals surface area contributed by atoms with Crippen molar-refractivity contribution in [1.82, 2.24) is 5.32 Å². The van der Waals surface area contributed by atoms with Crippen molar-refractivity contribution in [2.75, 3.05) is 0 Å². The molecule has 3 N–H and O–H groups in total. The molecule has 0 bridgehead atoms. The topological polar surface area (TPSA) is 72.2 Å². The lowest BCUT2D eigenvalue weighted by Gasteiger charge is -2.17. The summed E-state index contributed by atoms with van der Waals surface area (Å²) in [6.45, 7) is 0. The quantitative estimate of drug-likeness (QED) is 0.843. The molecule has 2 fully saturated rings. The van der Waals surface area contributed by atoms with Gasteiger partial charge in [0.25, 0.3) is 5.91 Å². The molecule has 2 aliphatic rings. The van der Waals surface area contributed by atoms with Gasteiger partial charge in [-0.2, -0.15) is 0 Å². The molecular formula is C15H18N2O2. The molecule has 0 aromatic heterocycles. The molecule has 2 saturated carbocycles. The number of carbonyl (C=O) groups is 2. The second kappa shape index (κ2) is 4.68. The van der Waals surface area contributed by atoms with Crippen molar-refractivity contribution in [2.24, 2.45) is 17.6 Å². The highest BCUT2D eigenvalue weighted by atomic mass is 16.2. The normalized spacial score (nSPS) is 18.4. The fraction of sp³-hybridized carbons (Fsp3) is 0.467. The number of rotatable bonds is 5. The first-order chi connectivity index (χ1) is 9.15. The van der Waals surface area contributed by atoms with Crippen LogP contribution in [0.2, 0.25) is 0 Å². The second-order valence-corrected chi connectivity index (χ2v) is 5.62. The van der Waals surface area contributed by atoms with Crippen LogP contribution in [-0.2, 0) is 0 Å². The van der Waals surface area contributed by atoms with Crippen molar-refractivity contribution >= 4 is 11.8 Å². The van der Waals surface area contributed by atoms with Gasteiger partial charge in [-0.3, -0.25) is 9.59 Å². The maximum Gasteiger partial charge on any atom is 0.251 e. The van der Waals surface area contributed by atoms with E-state index in [9.17, 15) is 9.59 Å². The Balaban J connectivity index is 1.67. The molecule has 0 heterocycles. The zero-order valence-corrected chi connectivity index (χ0v) is 10.8. The number of nitrogens with one attached hydrogen (secondary N) is 1. The molecule has 0 atom stereocenters. The Labute approximate surface area is 112 Å². The standard InChI is InChI=1S/C15H18N2O2/c16-14(18)11-5-7-12(8-6-11)15(19)17-13(9-1-2-9)10-3-4-10/h5-10,13H,1-4H2,(H2,16,18)(H,17,19). The fourth-order valence-electron chi connectivity index (χ4n) is 2.55. The monoisotopic (exact) mass is 258 g/mol. The molecule has 0 spiro atoms. The van der Waals surface area contributed by atoms with Gasteiger partial charge in [0.15, 0.2) is 0 Å². The highest BCUT2D eigenvalue weighted by Crippen LogP contribution is 2.44. The number of primary amides is 1. The maximum atomic E-state index is 12.2. The number of hydrogen-bond donors (Lipinski definition) is 2. The van der Waals surface area contributed by atoms with E-state index in [2.05, 4.69) is 5.32 Å². The Morgan fingerprint density at radius 1 is 1.00 bits per heavy atom. The van der Waals surface area contributed by atoms with Gasteiger partial charge < -0.3 is 11.1 Å². The van der Waals surface area contributed by atoms with Gasteiger partial charge in [0, 0.05) is 17.2 Å². The number of nitrogens with two attached hydrogens (primary N) is 1. The third-order valence-corrected chi connectivity index (χ3v) is 3.99. The van der Waals surface area contributed by atoms with Crippen LogP contribution in [0.3, 0.4) is 0 Å². The average molecular weight is 258 g/mol. The highest BCUT2D eigenvalue weighted by molar-refractivity contribution is 5.97. The smallest absolute Gasteiger partial charge is 0.251 e. The maximum absolute atomic E-state index is 12.2. The van der Waals surface area contributed by atoms with E-state index in [1.165, 1.54) is 25.7 Å². The summed E-state index contributed by atoms with van der Waals surface area (Å²) in [5.74, 6) is 0.850. The van der Waals surface area contributed by atoms with Crippen molar-refractivity contribution < 1.29 is 9.59 Å². The van der Waals surface area contributed by atoms with Gasteiger partial charge in [0.1, 0.15) is 0 Å². The molecule has 4 heteroatoms. The van der Waals surface area contributed by atoms with Crippen LogP contribution < -0.4 is 11.1 Å². The molecule has 1 aromatic carbocycles. The Morgan fingerprint density at radius 3 is 1.89 bits per heavy atom. The molecule has 0 unspecified atom stereocenters. The molecule has 2 aliphatic carbocycles. The molecule has 1 aromatic rings. The molecule has 0 radical (unpaired) electrons. The van der Waals surface area contributed by atoms with Crippen LogP contribution in [0.5, 0.6) is 0 Å². The zero-order chi connectivity index (χ0) is 13.4. The molecule has 100 valence electrons. The van der Waals surface area contributed by atoms with E-state index in [1.807, 2.05) is 0 Å². The van der Waals surface area contributed by atoms with Crippen LogP contribution in [0.1, 0.15) is 46.4 Å². The summed E-state index contributed by atoms with van der Waals surface area (Å²) in [5, 5.41) is 3.15. The summed E-state index contributed by atoms with van der Waals surface area (Å²) in [7, 11) is 0. The van der Waals surface area contributed by atoms with E-state index in [-0.39, 0.29) is 5.91 Å². The van der Waals surface area contributed by atoms with Crippen LogP contribution in [0.4, 0.5) is 0 Å². The lowest BCUT2D eigenvalue weighted by atomic mass is 10.1. The molecule has 19 heavy (non-hydrogen) atoms. The van der Waals surface area contributed by atoms with Gasteiger partial charge in [0.2, 0.25) is 5.91 Å². The van der Waals surface area contributed by atoms with E-state index >= 15 is 0 Å². The number of carbonyl (C=O) groups excluding carboxylic acids is 2. The van der Waals surface area contributed by atoms with Crippen LogP contribution in [0.15, 0.2) is 24.3 Å². The third-order valence-electron chi connectivity index (χ3n) is 3.99. The van der Waals surface area contributed by atoms with Gasteiger partial charge in [-0.05, 0) is 61.8 Å². The number of hydrogen-bond acceptors (Lipinski definition) is 2. The first kappa shape index (κ1) is 12.2. The minimum atomic E-state index is -0.471. The van der Waals surface area contributed by atoms with Crippen molar-refractivity contribution in [3.05, 3.63) is 35.4 Å². The molecular weight excluding hydrogens is 240 g/mol. The number of amides is 2. The van der Waals surface area contributed by atoms with Crippen LogP contribution in [0.25, 0.3) is 0 Å². The van der Waals surface area contributed by atoms with Crippen molar-refractivity contribution in [3.8, 4) is 0 Å². The average Bonchev–Trinajstić information content (AvgIpc) is 3.29. The minimum absolute atomic E-state index is 0.0418. The van der Waals surface area contributed by atoms with Gasteiger partial charge in [-0.1, -0.05) is 0 Å². The fourth-order valence-corrected chi connectivity index (χ4v) is 2.55. The summed E-state index contributed by atoms with van der Waals surface area (Å²) >= 11 is 0. The Bertz CT molecular complexity index is 489. The lowest BCUT2D eigenvalue weighted by Crippen LogP contribution is -2.38. The summed E-state index contributed by atoms with van der Waals surface area (Å²) in [6, 6.07) is 6.86. The van der Waals surface area contributed by atoms with E-state index < -0.39 is 5.91 Å². The Hall–Kier alpha value is -1.84. The second-order valence-electron chi connectivity index (χ2n) is 5.62. The first-order valence-corrected chi connectivity index (χ1v) is 6.86. The van der Waals surface area contributed by atoms with Gasteiger partial charge in [-0.25, -0.2) is 0 Å². The molecule has 0 aliphatic heterocycles. The van der Waals surface area contributed by atoms with Crippen LogP contribution >= 0.6 is 0 Å². The van der Waals surface area contributed by atoms with Crippen molar-refractivity contribution in [3.63, 3.8) is 0 Å². The Morgan fingerprint density at radius 2 is 1.47 bits per heavy atom. The Kier molecular flexibility index (Phi) is 3.01. The van der Waals surface area contributed by atoms with E-state index in [4.69, 9.17) is 5.73 Å². The highest BCUT2D eigenvalue weighted by Gasteiger charge is 2.42. The van der Waals surface area contributed by atoms with Gasteiger partial charge >= 0.3 is 0 Å². The zero-order valence-electron chi connectivity index (χ0n) is 10.8. The first-order valence-electron chi connectivity index (χ1n) is 6.86. The third kappa shape index (κ3) is 2.78. The summed E-state index contributed by atoms with van der Waals surface area (Å²) in [5.41, 5.74) is 6.20. The molecule has 4 nitrogen and oxygen atoms in total. The summed E-state index contributed by atoms with van der Waals surface area (Å²) in [4.78, 5) is 23.2. The van der Waals surface area contributed by atoms with E-state index in [0.717, 1.165) is 0 Å². The predicted molar refractivity (Wildman–Crippen MR) is 71.7 cm³/mol. The number of benzene rings is 1.